The van der Waals surface area contributed by atoms with E-state index >= 15 is 0 Å². The van der Waals surface area contributed by atoms with Crippen LogP contribution in [0.25, 0.3) is 0 Å². The molecule has 0 N–H and O–H groups in total. The van der Waals surface area contributed by atoms with Gasteiger partial charge in [-0.1, -0.05) is 0 Å². The molecule has 0 aliphatic heterocycles. The van der Waals surface area contributed by atoms with Gasteiger partial charge in [0.2, 0.25) is 0 Å². The maximum atomic E-state index is 11.4. The van der Waals surface area contributed by atoms with Crippen molar-refractivity contribution in [3.63, 3.8) is 0 Å². The van der Waals surface area contributed by atoms with Crippen LogP contribution in [-0.4, -0.2) is 4.17 Å². The summed E-state index contributed by atoms with van der Waals surface area (Å²) >= 11 is -1.14. The molecular formula is C14H29OPt. The first-order valence-corrected chi connectivity index (χ1v) is 12.2. The van der Waals surface area contributed by atoms with Crippen LogP contribution in [0.1, 0.15) is 71.1 Å². The van der Waals surface area contributed by atoms with E-state index in [1.807, 2.05) is 0 Å². The van der Waals surface area contributed by atoms with Crippen LogP contribution >= 0.6 is 0 Å². The molecule has 0 aliphatic rings. The van der Waals surface area contributed by atoms with E-state index in [2.05, 4.69) is 17.6 Å². The molecule has 0 amide bonds. The predicted octanol–water partition coefficient (Wildman–Crippen LogP) is 5.15. The molecule has 0 aromatic rings. The van der Waals surface area contributed by atoms with Crippen LogP contribution in [0.3, 0.4) is 0 Å². The molecule has 101 valence electrons. The number of unbranched alkanes of at least 4 members (excludes halogenated alkanes) is 8. The first-order valence-electron chi connectivity index (χ1n) is 6.56. The van der Waals surface area contributed by atoms with Crippen molar-refractivity contribution in [2.24, 2.45) is 0 Å². The van der Waals surface area contributed by atoms with Crippen molar-refractivity contribution in [3.05, 3.63) is 0 Å². The van der Waals surface area contributed by atoms with Crippen molar-refractivity contribution in [1.29, 1.82) is 0 Å². The topological polar surface area (TPSA) is 17.1 Å². The van der Waals surface area contributed by atoms with E-state index in [4.69, 9.17) is 0 Å². The van der Waals surface area contributed by atoms with E-state index in [-0.39, 0.29) is 0 Å². The Balaban J connectivity index is 3.07. The van der Waals surface area contributed by atoms with Crippen LogP contribution in [0, 0.1) is 0 Å². The summed E-state index contributed by atoms with van der Waals surface area (Å²) in [5.41, 5.74) is 0. The van der Waals surface area contributed by atoms with Crippen LogP contribution < -0.4 is 0 Å². The fourth-order valence-electron chi connectivity index (χ4n) is 1.72. The summed E-state index contributed by atoms with van der Waals surface area (Å²) in [4.78, 5) is 11.4. The molecule has 0 unspecified atom stereocenters. The van der Waals surface area contributed by atoms with Gasteiger partial charge in [-0.15, -0.1) is 0 Å². The Bertz CT molecular complexity index is 166. The molecule has 0 rings (SSSR count). The van der Waals surface area contributed by atoms with Crippen molar-refractivity contribution >= 4 is 4.17 Å². The fourth-order valence-corrected chi connectivity index (χ4v) is 3.26. The van der Waals surface area contributed by atoms with Crippen molar-refractivity contribution in [3.8, 4) is 0 Å². The van der Waals surface area contributed by atoms with E-state index in [1.165, 1.54) is 51.4 Å². The van der Waals surface area contributed by atoms with E-state index in [0.29, 0.717) is 4.17 Å². The normalized spacial score (nSPS) is 11.6. The van der Waals surface area contributed by atoms with Crippen LogP contribution in [0.2, 0.25) is 10.6 Å². The SMILES string of the molecule is CCCCCCCCCCC[C](=O)[Pt]([CH3])[CH3]. The molecule has 0 spiro atoms. The van der Waals surface area contributed by atoms with Crippen molar-refractivity contribution in [2.75, 3.05) is 0 Å². The van der Waals surface area contributed by atoms with Gasteiger partial charge in [-0.2, -0.15) is 0 Å². The average Bonchev–Trinajstić information content (AvgIpc) is 2.26. The van der Waals surface area contributed by atoms with Gasteiger partial charge in [-0.3, -0.25) is 0 Å². The van der Waals surface area contributed by atoms with Gasteiger partial charge < -0.3 is 0 Å². The van der Waals surface area contributed by atoms with Gasteiger partial charge >= 0.3 is 108 Å². The molecule has 0 bridgehead atoms. The molecule has 2 heteroatoms. The number of hydrogen-bond acceptors (Lipinski definition) is 1. The summed E-state index contributed by atoms with van der Waals surface area (Å²) in [6.45, 7) is 2.26. The van der Waals surface area contributed by atoms with Crippen LogP contribution in [0.5, 0.6) is 0 Å². The third-order valence-corrected chi connectivity index (χ3v) is 5.92. The summed E-state index contributed by atoms with van der Waals surface area (Å²) in [5, 5.41) is 4.31. The zero-order chi connectivity index (χ0) is 12.2. The van der Waals surface area contributed by atoms with Gasteiger partial charge in [-0.05, 0) is 0 Å². The zero-order valence-electron chi connectivity index (χ0n) is 11.3. The van der Waals surface area contributed by atoms with Crippen LogP contribution in [0.4, 0.5) is 0 Å². The van der Waals surface area contributed by atoms with Crippen molar-refractivity contribution in [1.82, 2.24) is 0 Å². The van der Waals surface area contributed by atoms with E-state index in [9.17, 15) is 4.79 Å². The molecule has 0 aromatic carbocycles. The minimum atomic E-state index is -1.14. The first-order chi connectivity index (χ1) is 7.68. The first kappa shape index (κ1) is 16.4. The second kappa shape index (κ2) is 11.8. The third-order valence-electron chi connectivity index (χ3n) is 2.81. The Labute approximate surface area is 108 Å². The molecule has 0 radical (unpaired) electrons. The minimum absolute atomic E-state index is 0.591. The summed E-state index contributed by atoms with van der Waals surface area (Å²) in [6.07, 6.45) is 12.9. The Morgan fingerprint density at radius 1 is 0.812 bits per heavy atom. The molecule has 0 fully saturated rings. The summed E-state index contributed by atoms with van der Waals surface area (Å²) in [6, 6.07) is 0. The molecule has 0 heterocycles. The molecular weight excluding hydrogens is 379 g/mol. The monoisotopic (exact) mass is 408 g/mol. The average molecular weight is 408 g/mol. The van der Waals surface area contributed by atoms with Gasteiger partial charge in [0, 0.05) is 0 Å². The molecule has 0 saturated carbocycles. The summed E-state index contributed by atoms with van der Waals surface area (Å²) in [7, 11) is 0. The molecule has 0 atom stereocenters. The molecule has 16 heavy (non-hydrogen) atoms. The van der Waals surface area contributed by atoms with Crippen molar-refractivity contribution in [2.45, 2.75) is 81.8 Å². The van der Waals surface area contributed by atoms with E-state index in [1.54, 1.807) is 0 Å². The Morgan fingerprint density at radius 2 is 1.25 bits per heavy atom. The molecule has 0 saturated heterocycles. The van der Waals surface area contributed by atoms with Gasteiger partial charge in [0.1, 0.15) is 0 Å². The zero-order valence-corrected chi connectivity index (χ0v) is 13.6. The molecule has 0 aliphatic carbocycles. The molecule has 1 nitrogen and oxygen atoms in total. The Kier molecular flexibility index (Phi) is 12.1. The third kappa shape index (κ3) is 10.9. The standard InChI is InChI=1S/C12H23O.2CH3.Pt/c1-2-3-4-5-6-7-8-9-10-11-12-13;;;/h2-11H2,1H3;2*1H3;. The summed E-state index contributed by atoms with van der Waals surface area (Å²) < 4.78 is 0.591. The van der Waals surface area contributed by atoms with Gasteiger partial charge in [0.25, 0.3) is 0 Å². The second-order valence-corrected chi connectivity index (χ2v) is 10.3. The number of hydrogen-bond donors (Lipinski definition) is 0. The van der Waals surface area contributed by atoms with Crippen molar-refractivity contribution < 1.29 is 22.1 Å². The predicted molar refractivity (Wildman–Crippen MR) is 68.6 cm³/mol. The Hall–Kier alpha value is 0.358. The number of carbonyl (C=O) groups excluding carboxylic acids is 1. The summed E-state index contributed by atoms with van der Waals surface area (Å²) in [5.74, 6) is 0. The second-order valence-electron chi connectivity index (χ2n) is 4.53. The van der Waals surface area contributed by atoms with Crippen LogP contribution in [-0.2, 0) is 22.1 Å². The van der Waals surface area contributed by atoms with Gasteiger partial charge in [0.15, 0.2) is 0 Å². The maximum absolute atomic E-state index is 11.4. The van der Waals surface area contributed by atoms with Crippen LogP contribution in [0.15, 0.2) is 0 Å². The molecule has 0 aromatic heterocycles. The van der Waals surface area contributed by atoms with E-state index in [0.717, 1.165) is 12.8 Å². The van der Waals surface area contributed by atoms with Gasteiger partial charge in [-0.25, -0.2) is 0 Å². The fraction of sp³-hybridized carbons (Fsp3) is 0.929. The van der Waals surface area contributed by atoms with E-state index < -0.39 is 17.3 Å². The number of rotatable bonds is 11. The number of carbonyl (C=O) groups is 1. The Morgan fingerprint density at radius 3 is 1.69 bits per heavy atom. The quantitative estimate of drug-likeness (QED) is 0.432. The van der Waals surface area contributed by atoms with Gasteiger partial charge in [0.05, 0.1) is 0 Å².